The van der Waals surface area contributed by atoms with Gasteiger partial charge in [0.2, 0.25) is 5.89 Å². The number of thiol groups is 1. The molecule has 0 bridgehead atoms. The van der Waals surface area contributed by atoms with Crippen molar-refractivity contribution in [2.75, 3.05) is 11.5 Å². The van der Waals surface area contributed by atoms with Gasteiger partial charge in [0.05, 0.1) is 0 Å². The molecule has 0 saturated carbocycles. The van der Waals surface area contributed by atoms with Crippen LogP contribution in [-0.2, 0) is 0 Å². The largest absolute Gasteiger partial charge is 0.416 e. The first-order chi connectivity index (χ1) is 6.33. The van der Waals surface area contributed by atoms with E-state index in [0.717, 1.165) is 11.5 Å². The zero-order valence-electron chi connectivity index (χ0n) is 7.69. The predicted molar refractivity (Wildman–Crippen MR) is 57.5 cm³/mol. The lowest BCUT2D eigenvalue weighted by molar-refractivity contribution is 0.429. The minimum Gasteiger partial charge on any atom is -0.416 e. The number of nitrogens with zero attached hydrogens (tertiary/aromatic N) is 2. The van der Waals surface area contributed by atoms with Gasteiger partial charge < -0.3 is 4.42 Å². The van der Waals surface area contributed by atoms with Crippen LogP contribution in [0.4, 0.5) is 0 Å². The summed E-state index contributed by atoms with van der Waals surface area (Å²) in [6.45, 7) is 1.80. The van der Waals surface area contributed by atoms with E-state index in [1.54, 1.807) is 18.7 Å². The maximum absolute atomic E-state index is 5.22. The van der Waals surface area contributed by atoms with Crippen molar-refractivity contribution in [3.05, 3.63) is 5.89 Å². The van der Waals surface area contributed by atoms with Crippen LogP contribution in [0.2, 0.25) is 0 Å². The zero-order valence-corrected chi connectivity index (χ0v) is 9.40. The molecule has 0 atom stereocenters. The van der Waals surface area contributed by atoms with E-state index in [-0.39, 0.29) is 0 Å². The molecule has 13 heavy (non-hydrogen) atoms. The molecular formula is C8H14N2OS2. The van der Waals surface area contributed by atoms with Gasteiger partial charge in [0.25, 0.3) is 5.22 Å². The van der Waals surface area contributed by atoms with Gasteiger partial charge in [0.1, 0.15) is 0 Å². The van der Waals surface area contributed by atoms with Gasteiger partial charge in [0, 0.05) is 12.7 Å². The Balaban J connectivity index is 2.06. The summed E-state index contributed by atoms with van der Waals surface area (Å²) in [4.78, 5) is 0. The normalized spacial score (nSPS) is 10.6. The topological polar surface area (TPSA) is 38.9 Å². The second kappa shape index (κ2) is 6.32. The maximum atomic E-state index is 5.22. The second-order valence-corrected chi connectivity index (χ2v) is 4.21. The van der Waals surface area contributed by atoms with Gasteiger partial charge in [-0.3, -0.25) is 0 Å². The molecule has 0 amide bonds. The van der Waals surface area contributed by atoms with E-state index in [0.29, 0.717) is 11.1 Å². The molecule has 0 aliphatic heterocycles. The molecule has 0 aliphatic rings. The van der Waals surface area contributed by atoms with Crippen molar-refractivity contribution in [1.82, 2.24) is 10.2 Å². The second-order valence-electron chi connectivity index (χ2n) is 2.72. The van der Waals surface area contributed by atoms with Crippen molar-refractivity contribution in [2.45, 2.75) is 31.4 Å². The Hall–Kier alpha value is -0.160. The highest BCUT2D eigenvalue weighted by molar-refractivity contribution is 7.99. The number of hydrogen-bond donors (Lipinski definition) is 1. The third-order valence-electron chi connectivity index (χ3n) is 1.54. The van der Waals surface area contributed by atoms with Crippen LogP contribution in [0.3, 0.4) is 0 Å². The number of thioether (sulfide) groups is 1. The molecule has 1 rings (SSSR count). The summed E-state index contributed by atoms with van der Waals surface area (Å²) in [5, 5.41) is 8.33. The first kappa shape index (κ1) is 10.9. The van der Waals surface area contributed by atoms with Crippen LogP contribution in [-0.4, -0.2) is 21.7 Å². The van der Waals surface area contributed by atoms with Crippen LogP contribution in [0.15, 0.2) is 9.64 Å². The molecule has 0 spiro atoms. The summed E-state index contributed by atoms with van der Waals surface area (Å²) in [5.41, 5.74) is 0. The van der Waals surface area contributed by atoms with Crippen LogP contribution in [0.5, 0.6) is 0 Å². The number of rotatable bonds is 6. The standard InChI is InChI=1S/C8H14N2OS2/c1-7-9-10-8(11-7)13-6-4-2-3-5-12/h12H,2-6H2,1H3. The Morgan fingerprint density at radius 1 is 1.31 bits per heavy atom. The molecule has 0 saturated heterocycles. The molecule has 1 aromatic heterocycles. The van der Waals surface area contributed by atoms with E-state index in [1.165, 1.54) is 19.3 Å². The highest BCUT2D eigenvalue weighted by atomic mass is 32.2. The zero-order chi connectivity index (χ0) is 9.52. The highest BCUT2D eigenvalue weighted by Crippen LogP contribution is 2.17. The summed E-state index contributed by atoms with van der Waals surface area (Å²) >= 11 is 5.77. The first-order valence-electron chi connectivity index (χ1n) is 4.36. The fraction of sp³-hybridized carbons (Fsp3) is 0.750. The van der Waals surface area contributed by atoms with Crippen LogP contribution < -0.4 is 0 Å². The van der Waals surface area contributed by atoms with Crippen molar-refractivity contribution in [3.63, 3.8) is 0 Å². The average molecular weight is 218 g/mol. The quantitative estimate of drug-likeness (QED) is 0.452. The first-order valence-corrected chi connectivity index (χ1v) is 5.98. The van der Waals surface area contributed by atoms with Gasteiger partial charge >= 0.3 is 0 Å². The molecule has 1 heterocycles. The molecule has 0 N–H and O–H groups in total. The van der Waals surface area contributed by atoms with Crippen LogP contribution in [0, 0.1) is 6.92 Å². The van der Waals surface area contributed by atoms with Gasteiger partial charge in [-0.2, -0.15) is 12.6 Å². The lowest BCUT2D eigenvalue weighted by Gasteiger charge is -1.95. The Morgan fingerprint density at radius 2 is 2.15 bits per heavy atom. The van der Waals surface area contributed by atoms with Crippen molar-refractivity contribution in [2.24, 2.45) is 0 Å². The Bertz CT molecular complexity index is 240. The minimum atomic E-state index is 0.637. The molecule has 0 fully saturated rings. The smallest absolute Gasteiger partial charge is 0.276 e. The highest BCUT2D eigenvalue weighted by Gasteiger charge is 2.01. The van der Waals surface area contributed by atoms with Gasteiger partial charge in [-0.25, -0.2) is 0 Å². The summed E-state index contributed by atoms with van der Waals surface area (Å²) in [7, 11) is 0. The average Bonchev–Trinajstić information content (AvgIpc) is 2.51. The van der Waals surface area contributed by atoms with E-state index in [2.05, 4.69) is 22.8 Å². The third-order valence-corrected chi connectivity index (χ3v) is 2.76. The SMILES string of the molecule is Cc1nnc(SCCCCCS)o1. The summed E-state index contributed by atoms with van der Waals surface area (Å²) < 4.78 is 5.22. The van der Waals surface area contributed by atoms with Gasteiger partial charge in [-0.05, 0) is 18.6 Å². The molecule has 0 aromatic carbocycles. The number of hydrogen-bond acceptors (Lipinski definition) is 5. The van der Waals surface area contributed by atoms with E-state index in [1.807, 2.05) is 0 Å². The molecule has 3 nitrogen and oxygen atoms in total. The Labute approximate surface area is 88.1 Å². The molecule has 1 aromatic rings. The van der Waals surface area contributed by atoms with E-state index in [9.17, 15) is 0 Å². The third kappa shape index (κ3) is 4.57. The van der Waals surface area contributed by atoms with Crippen LogP contribution >= 0.6 is 24.4 Å². The monoisotopic (exact) mass is 218 g/mol. The molecule has 74 valence electrons. The fourth-order valence-electron chi connectivity index (χ4n) is 0.887. The lowest BCUT2D eigenvalue weighted by atomic mass is 10.3. The van der Waals surface area contributed by atoms with E-state index >= 15 is 0 Å². The predicted octanol–water partition coefficient (Wildman–Crippen LogP) is 2.57. The molecule has 5 heteroatoms. The molecular weight excluding hydrogens is 204 g/mol. The summed E-state index contributed by atoms with van der Waals surface area (Å²) in [6, 6.07) is 0. The Kier molecular flexibility index (Phi) is 5.31. The fourth-order valence-corrected chi connectivity index (χ4v) is 1.91. The van der Waals surface area contributed by atoms with Crippen molar-refractivity contribution < 1.29 is 4.42 Å². The number of unbranched alkanes of at least 4 members (excludes halogenated alkanes) is 2. The molecule has 0 radical (unpaired) electrons. The molecule has 0 unspecified atom stereocenters. The van der Waals surface area contributed by atoms with Crippen molar-refractivity contribution in [3.8, 4) is 0 Å². The van der Waals surface area contributed by atoms with E-state index < -0.39 is 0 Å². The number of aryl methyl sites for hydroxylation is 1. The van der Waals surface area contributed by atoms with Crippen molar-refractivity contribution >= 4 is 24.4 Å². The summed E-state index contributed by atoms with van der Waals surface area (Å²) in [6.07, 6.45) is 3.60. The van der Waals surface area contributed by atoms with E-state index in [4.69, 9.17) is 4.42 Å². The van der Waals surface area contributed by atoms with Crippen LogP contribution in [0.1, 0.15) is 25.2 Å². The van der Waals surface area contributed by atoms with Gasteiger partial charge in [0.15, 0.2) is 0 Å². The van der Waals surface area contributed by atoms with Gasteiger partial charge in [-0.15, -0.1) is 10.2 Å². The van der Waals surface area contributed by atoms with Crippen molar-refractivity contribution in [1.29, 1.82) is 0 Å². The lowest BCUT2D eigenvalue weighted by Crippen LogP contribution is -1.82. The summed E-state index contributed by atoms with van der Waals surface area (Å²) in [5.74, 6) is 2.66. The number of aromatic nitrogens is 2. The molecule has 0 aliphatic carbocycles. The Morgan fingerprint density at radius 3 is 2.77 bits per heavy atom. The van der Waals surface area contributed by atoms with Crippen LogP contribution in [0.25, 0.3) is 0 Å². The minimum absolute atomic E-state index is 0.637. The maximum Gasteiger partial charge on any atom is 0.276 e. The van der Waals surface area contributed by atoms with Gasteiger partial charge in [-0.1, -0.05) is 18.2 Å².